The number of aryl methyl sites for hydroxylation is 1. The molecule has 0 aliphatic carbocycles. The molecule has 0 amide bonds. The molecule has 2 aliphatic heterocycles. The minimum Gasteiger partial charge on any atom is -0.395 e. The molecule has 0 radical (unpaired) electrons. The standard InChI is InChI=1S/C29H34N2O3S/c1-22-9-5-6-12-26(22)24-13-15-25(16-14-24)29-27-19-30(17-7-8-18-31(27)28(29)20-32)35(33,34)21-23-10-3-2-4-11-23/h2-6,9-16,27-29,32H,7-8,17-21H2,1H3/t27-,28-,29-/m0/s1. The zero-order chi connectivity index (χ0) is 24.4. The first kappa shape index (κ1) is 24.2. The van der Waals surface area contributed by atoms with Crippen molar-refractivity contribution < 1.29 is 13.5 Å². The molecule has 2 fully saturated rings. The highest BCUT2D eigenvalue weighted by atomic mass is 32.2. The van der Waals surface area contributed by atoms with Crippen LogP contribution in [0.1, 0.15) is 35.4 Å². The highest BCUT2D eigenvalue weighted by molar-refractivity contribution is 7.88. The molecule has 2 heterocycles. The van der Waals surface area contributed by atoms with E-state index in [1.54, 1.807) is 4.31 Å². The zero-order valence-electron chi connectivity index (χ0n) is 20.3. The number of aliphatic hydroxyl groups excluding tert-OH is 1. The molecule has 0 saturated carbocycles. The van der Waals surface area contributed by atoms with Gasteiger partial charge in [0.25, 0.3) is 0 Å². The van der Waals surface area contributed by atoms with Crippen LogP contribution in [-0.2, 0) is 15.8 Å². The first-order valence-corrected chi connectivity index (χ1v) is 14.1. The van der Waals surface area contributed by atoms with Crippen molar-refractivity contribution in [3.63, 3.8) is 0 Å². The van der Waals surface area contributed by atoms with Crippen LogP contribution >= 0.6 is 0 Å². The van der Waals surface area contributed by atoms with E-state index in [0.717, 1.165) is 24.9 Å². The summed E-state index contributed by atoms with van der Waals surface area (Å²) in [6.45, 7) is 4.13. The second kappa shape index (κ2) is 10.2. The number of hydrogen-bond acceptors (Lipinski definition) is 4. The third-order valence-electron chi connectivity index (χ3n) is 7.67. The number of rotatable bonds is 6. The maximum absolute atomic E-state index is 13.4. The number of benzene rings is 3. The van der Waals surface area contributed by atoms with Crippen LogP contribution in [0.25, 0.3) is 11.1 Å². The molecule has 35 heavy (non-hydrogen) atoms. The van der Waals surface area contributed by atoms with Crippen molar-refractivity contribution in [1.82, 2.24) is 9.21 Å². The maximum Gasteiger partial charge on any atom is 0.218 e. The summed E-state index contributed by atoms with van der Waals surface area (Å²) in [5.74, 6) is 0.137. The Hall–Kier alpha value is -2.51. The summed E-state index contributed by atoms with van der Waals surface area (Å²) in [6, 6.07) is 26.5. The number of sulfonamides is 1. The van der Waals surface area contributed by atoms with Gasteiger partial charge in [-0.05, 0) is 54.1 Å². The van der Waals surface area contributed by atoms with Gasteiger partial charge in [-0.2, -0.15) is 0 Å². The first-order chi connectivity index (χ1) is 17.0. The normalized spacial score (nSPS) is 23.7. The van der Waals surface area contributed by atoms with Crippen molar-refractivity contribution >= 4 is 10.0 Å². The zero-order valence-corrected chi connectivity index (χ0v) is 21.1. The monoisotopic (exact) mass is 490 g/mol. The number of fused-ring (bicyclic) bond motifs is 1. The van der Waals surface area contributed by atoms with Gasteiger partial charge in [0.2, 0.25) is 10.0 Å². The molecule has 184 valence electrons. The molecule has 2 saturated heterocycles. The lowest BCUT2D eigenvalue weighted by Crippen LogP contribution is -2.67. The highest BCUT2D eigenvalue weighted by Gasteiger charge is 2.50. The third kappa shape index (κ3) is 4.94. The van der Waals surface area contributed by atoms with Crippen LogP contribution in [0.5, 0.6) is 0 Å². The Labute approximate surface area is 209 Å². The van der Waals surface area contributed by atoms with Crippen molar-refractivity contribution in [1.29, 1.82) is 0 Å². The average Bonchev–Trinajstić information content (AvgIpc) is 2.84. The van der Waals surface area contributed by atoms with Gasteiger partial charge in [0, 0.05) is 31.1 Å². The van der Waals surface area contributed by atoms with Crippen molar-refractivity contribution in [2.45, 2.75) is 43.5 Å². The van der Waals surface area contributed by atoms with Crippen LogP contribution in [0.3, 0.4) is 0 Å². The van der Waals surface area contributed by atoms with E-state index in [4.69, 9.17) is 0 Å². The molecular weight excluding hydrogens is 456 g/mol. The summed E-state index contributed by atoms with van der Waals surface area (Å²) in [6.07, 6.45) is 1.77. The van der Waals surface area contributed by atoms with Gasteiger partial charge < -0.3 is 5.11 Å². The predicted octanol–water partition coefficient (Wildman–Crippen LogP) is 4.42. The minimum absolute atomic E-state index is 0.0276. The summed E-state index contributed by atoms with van der Waals surface area (Å²) < 4.78 is 28.5. The molecule has 6 heteroatoms. The van der Waals surface area contributed by atoms with Crippen LogP contribution in [-0.4, -0.2) is 61.1 Å². The largest absolute Gasteiger partial charge is 0.395 e. The van der Waals surface area contributed by atoms with E-state index in [1.165, 1.54) is 22.3 Å². The van der Waals surface area contributed by atoms with E-state index >= 15 is 0 Å². The Kier molecular flexibility index (Phi) is 7.07. The number of hydrogen-bond donors (Lipinski definition) is 1. The molecule has 2 aliphatic rings. The minimum atomic E-state index is -3.43. The second-order valence-corrected chi connectivity index (χ2v) is 11.8. The van der Waals surface area contributed by atoms with Gasteiger partial charge in [-0.1, -0.05) is 78.9 Å². The van der Waals surface area contributed by atoms with Gasteiger partial charge in [0.05, 0.1) is 12.4 Å². The molecular formula is C29H34N2O3S. The molecule has 3 atom stereocenters. The quantitative estimate of drug-likeness (QED) is 0.556. The van der Waals surface area contributed by atoms with Crippen molar-refractivity contribution in [2.75, 3.05) is 26.2 Å². The Balaban J connectivity index is 1.39. The highest BCUT2D eigenvalue weighted by Crippen LogP contribution is 2.42. The molecule has 0 bridgehead atoms. The SMILES string of the molecule is Cc1ccccc1-c1ccc([C@@H]2[C@H](CO)N3CCCCN(S(=O)(=O)Cc4ccccc4)C[C@@H]23)cc1. The van der Waals surface area contributed by atoms with E-state index in [-0.39, 0.29) is 30.4 Å². The van der Waals surface area contributed by atoms with E-state index in [9.17, 15) is 13.5 Å². The smallest absolute Gasteiger partial charge is 0.218 e. The summed E-state index contributed by atoms with van der Waals surface area (Å²) in [7, 11) is -3.43. The molecule has 1 N–H and O–H groups in total. The lowest BCUT2D eigenvalue weighted by Gasteiger charge is -2.57. The first-order valence-electron chi connectivity index (χ1n) is 12.5. The van der Waals surface area contributed by atoms with Gasteiger partial charge >= 0.3 is 0 Å². The Morgan fingerprint density at radius 3 is 2.29 bits per heavy atom. The van der Waals surface area contributed by atoms with Crippen LogP contribution < -0.4 is 0 Å². The van der Waals surface area contributed by atoms with Gasteiger partial charge in [0.15, 0.2) is 0 Å². The Morgan fingerprint density at radius 2 is 1.57 bits per heavy atom. The molecule has 3 aromatic carbocycles. The fraction of sp³-hybridized carbons (Fsp3) is 0.379. The summed E-state index contributed by atoms with van der Waals surface area (Å²) in [5.41, 5.74) is 5.62. The molecule has 0 aromatic heterocycles. The van der Waals surface area contributed by atoms with Crippen LogP contribution in [0, 0.1) is 6.92 Å². The lowest BCUT2D eigenvalue weighted by molar-refractivity contribution is -0.0554. The van der Waals surface area contributed by atoms with E-state index in [2.05, 4.69) is 54.3 Å². The average molecular weight is 491 g/mol. The van der Waals surface area contributed by atoms with Gasteiger partial charge in [0.1, 0.15) is 0 Å². The summed E-state index contributed by atoms with van der Waals surface area (Å²) >= 11 is 0. The van der Waals surface area contributed by atoms with Gasteiger partial charge in [-0.3, -0.25) is 4.90 Å². The fourth-order valence-electron chi connectivity index (χ4n) is 5.82. The van der Waals surface area contributed by atoms with Crippen LogP contribution in [0.15, 0.2) is 78.9 Å². The Bertz CT molecular complexity index is 1240. The molecule has 3 aromatic rings. The van der Waals surface area contributed by atoms with Crippen molar-refractivity contribution in [3.05, 3.63) is 95.6 Å². The fourth-order valence-corrected chi connectivity index (χ4v) is 7.40. The van der Waals surface area contributed by atoms with Crippen LogP contribution in [0.4, 0.5) is 0 Å². The predicted molar refractivity (Wildman–Crippen MR) is 141 cm³/mol. The third-order valence-corrected chi connectivity index (χ3v) is 9.49. The molecule has 0 spiro atoms. The van der Waals surface area contributed by atoms with E-state index < -0.39 is 10.0 Å². The van der Waals surface area contributed by atoms with Crippen molar-refractivity contribution in [3.8, 4) is 11.1 Å². The number of aliphatic hydroxyl groups is 1. The van der Waals surface area contributed by atoms with Crippen LogP contribution in [0.2, 0.25) is 0 Å². The lowest BCUT2D eigenvalue weighted by atomic mass is 9.74. The summed E-state index contributed by atoms with van der Waals surface area (Å²) in [5, 5.41) is 10.2. The molecule has 0 unspecified atom stereocenters. The number of nitrogens with zero attached hydrogens (tertiary/aromatic N) is 2. The Morgan fingerprint density at radius 1 is 0.886 bits per heavy atom. The van der Waals surface area contributed by atoms with E-state index in [0.29, 0.717) is 13.1 Å². The maximum atomic E-state index is 13.4. The van der Waals surface area contributed by atoms with Crippen molar-refractivity contribution in [2.24, 2.45) is 0 Å². The molecule has 5 nitrogen and oxygen atoms in total. The topological polar surface area (TPSA) is 60.9 Å². The van der Waals surface area contributed by atoms with Gasteiger partial charge in [-0.15, -0.1) is 0 Å². The van der Waals surface area contributed by atoms with E-state index in [1.807, 2.05) is 36.4 Å². The van der Waals surface area contributed by atoms with Gasteiger partial charge in [-0.25, -0.2) is 12.7 Å². The second-order valence-electron chi connectivity index (χ2n) is 9.82. The molecule has 5 rings (SSSR count). The summed E-state index contributed by atoms with van der Waals surface area (Å²) in [4.78, 5) is 2.32.